The van der Waals surface area contributed by atoms with E-state index in [9.17, 15) is 4.79 Å². The molecule has 0 unspecified atom stereocenters. The van der Waals surface area contributed by atoms with Crippen LogP contribution in [0.3, 0.4) is 0 Å². The normalized spacial score (nSPS) is 10.2. The zero-order chi connectivity index (χ0) is 13.8. The maximum atomic E-state index is 10.9. The summed E-state index contributed by atoms with van der Waals surface area (Å²) in [6, 6.07) is 3.04. The molecule has 0 aliphatic carbocycles. The van der Waals surface area contributed by atoms with E-state index in [-0.39, 0.29) is 11.6 Å². The largest absolute Gasteiger partial charge is 0.478 e. The molecule has 0 saturated carbocycles. The number of carboxylic acid groups (broad SMARTS) is 1. The van der Waals surface area contributed by atoms with Crippen LogP contribution < -0.4 is 4.74 Å². The van der Waals surface area contributed by atoms with Crippen molar-refractivity contribution in [2.24, 2.45) is 0 Å². The second-order valence-electron chi connectivity index (χ2n) is 3.30. The van der Waals surface area contributed by atoms with E-state index in [0.717, 1.165) is 11.8 Å². The second kappa shape index (κ2) is 5.85. The first-order chi connectivity index (χ1) is 9.10. The molecule has 0 fully saturated rings. The molecule has 0 amide bonds. The Labute approximate surface area is 117 Å². The lowest BCUT2D eigenvalue weighted by Crippen LogP contribution is -1.97. The summed E-state index contributed by atoms with van der Waals surface area (Å²) < 4.78 is 4.90. The Bertz CT molecular complexity index is 624. The van der Waals surface area contributed by atoms with Crippen molar-refractivity contribution < 1.29 is 14.6 Å². The summed E-state index contributed by atoms with van der Waals surface area (Å²) in [4.78, 5) is 22.8. The highest BCUT2D eigenvalue weighted by molar-refractivity contribution is 7.99. The molecular formula is C11H8ClN3O3S. The molecule has 2 aromatic heterocycles. The van der Waals surface area contributed by atoms with E-state index in [1.165, 1.54) is 31.6 Å². The first kappa shape index (κ1) is 13.6. The van der Waals surface area contributed by atoms with Crippen molar-refractivity contribution in [2.45, 2.75) is 10.1 Å². The number of halogens is 1. The topological polar surface area (TPSA) is 85.2 Å². The molecule has 0 spiro atoms. The van der Waals surface area contributed by atoms with Gasteiger partial charge in [-0.05, 0) is 23.9 Å². The van der Waals surface area contributed by atoms with Gasteiger partial charge in [-0.1, -0.05) is 11.6 Å². The average Bonchev–Trinajstić information content (AvgIpc) is 2.41. The quantitative estimate of drug-likeness (QED) is 0.867. The molecule has 0 aliphatic rings. The van der Waals surface area contributed by atoms with E-state index in [0.29, 0.717) is 15.1 Å². The van der Waals surface area contributed by atoms with Crippen LogP contribution in [-0.4, -0.2) is 33.1 Å². The fourth-order valence-corrected chi connectivity index (χ4v) is 2.18. The van der Waals surface area contributed by atoms with E-state index in [1.54, 1.807) is 0 Å². The highest BCUT2D eigenvalue weighted by atomic mass is 35.5. The number of methoxy groups -OCH3 is 1. The molecule has 0 radical (unpaired) electrons. The van der Waals surface area contributed by atoms with E-state index < -0.39 is 5.97 Å². The van der Waals surface area contributed by atoms with Crippen LogP contribution in [0.1, 0.15) is 10.4 Å². The molecule has 0 bridgehead atoms. The molecule has 1 N–H and O–H groups in total. The van der Waals surface area contributed by atoms with Crippen molar-refractivity contribution >= 4 is 29.3 Å². The Balaban J connectivity index is 2.30. The third-order valence-electron chi connectivity index (χ3n) is 2.06. The molecule has 2 rings (SSSR count). The van der Waals surface area contributed by atoms with Crippen LogP contribution in [0.25, 0.3) is 0 Å². The van der Waals surface area contributed by atoms with Gasteiger partial charge >= 0.3 is 12.0 Å². The second-order valence-corrected chi connectivity index (χ2v) is 4.72. The minimum Gasteiger partial charge on any atom is -0.478 e. The first-order valence-corrected chi connectivity index (χ1v) is 6.23. The van der Waals surface area contributed by atoms with Gasteiger partial charge in [-0.3, -0.25) is 0 Å². The summed E-state index contributed by atoms with van der Waals surface area (Å²) in [6.07, 6.45) is 2.83. The third kappa shape index (κ3) is 3.33. The molecule has 0 aromatic carbocycles. The van der Waals surface area contributed by atoms with Crippen molar-refractivity contribution in [2.75, 3.05) is 7.11 Å². The minimum atomic E-state index is -1.02. The number of carboxylic acids is 1. The van der Waals surface area contributed by atoms with Crippen molar-refractivity contribution in [1.29, 1.82) is 0 Å². The van der Waals surface area contributed by atoms with Crippen LogP contribution in [0.4, 0.5) is 0 Å². The standard InChI is InChI=1S/C11H8ClN3O3S/c1-18-11-14-5-7(12)9(15-11)19-8-4-6(10(16)17)2-3-13-8/h2-5H,1H3,(H,16,17). The molecule has 0 atom stereocenters. The molecular weight excluding hydrogens is 290 g/mol. The SMILES string of the molecule is COc1ncc(Cl)c(Sc2cc(C(=O)O)ccn2)n1. The third-order valence-corrected chi connectivity index (χ3v) is 3.38. The van der Waals surface area contributed by atoms with Crippen LogP contribution in [0.2, 0.25) is 5.02 Å². The summed E-state index contributed by atoms with van der Waals surface area (Å²) in [5, 5.41) is 10.2. The zero-order valence-electron chi connectivity index (χ0n) is 9.70. The van der Waals surface area contributed by atoms with E-state index in [1.807, 2.05) is 0 Å². The molecule has 2 heterocycles. The van der Waals surface area contributed by atoms with Crippen molar-refractivity contribution in [1.82, 2.24) is 15.0 Å². The fraction of sp³-hybridized carbons (Fsp3) is 0.0909. The summed E-state index contributed by atoms with van der Waals surface area (Å²) in [5.41, 5.74) is 0.148. The van der Waals surface area contributed by atoms with Crippen molar-refractivity contribution in [3.05, 3.63) is 35.1 Å². The number of ether oxygens (including phenoxy) is 1. The van der Waals surface area contributed by atoms with Gasteiger partial charge in [0.05, 0.1) is 23.9 Å². The highest BCUT2D eigenvalue weighted by Gasteiger charge is 2.10. The average molecular weight is 298 g/mol. The Morgan fingerprint density at radius 3 is 2.95 bits per heavy atom. The van der Waals surface area contributed by atoms with Gasteiger partial charge in [0.1, 0.15) is 10.1 Å². The number of hydrogen-bond acceptors (Lipinski definition) is 6. The smallest absolute Gasteiger partial charge is 0.335 e. The van der Waals surface area contributed by atoms with Gasteiger partial charge in [0.2, 0.25) is 0 Å². The Hall–Kier alpha value is -1.86. The Kier molecular flexibility index (Phi) is 4.18. The highest BCUT2D eigenvalue weighted by Crippen LogP contribution is 2.31. The number of pyridine rings is 1. The Morgan fingerprint density at radius 1 is 1.47 bits per heavy atom. The van der Waals surface area contributed by atoms with Gasteiger partial charge in [-0.15, -0.1) is 0 Å². The van der Waals surface area contributed by atoms with E-state index in [4.69, 9.17) is 21.4 Å². The molecule has 0 aliphatic heterocycles. The maximum Gasteiger partial charge on any atom is 0.335 e. The summed E-state index contributed by atoms with van der Waals surface area (Å²) >= 11 is 7.10. The van der Waals surface area contributed by atoms with Crippen LogP contribution in [0.15, 0.2) is 34.6 Å². The van der Waals surface area contributed by atoms with Crippen LogP contribution >= 0.6 is 23.4 Å². The number of aromatic carboxylic acids is 1. The van der Waals surface area contributed by atoms with Gasteiger partial charge in [-0.25, -0.2) is 14.8 Å². The molecule has 6 nitrogen and oxygen atoms in total. The predicted octanol–water partition coefficient (Wildman–Crippen LogP) is 2.38. The fourth-order valence-electron chi connectivity index (χ4n) is 1.20. The molecule has 98 valence electrons. The number of rotatable bonds is 4. The number of carbonyl (C=O) groups is 1. The maximum absolute atomic E-state index is 10.9. The van der Waals surface area contributed by atoms with Crippen LogP contribution in [0, 0.1) is 0 Å². The van der Waals surface area contributed by atoms with Gasteiger partial charge in [0.25, 0.3) is 0 Å². The predicted molar refractivity (Wildman–Crippen MR) is 68.9 cm³/mol. The lowest BCUT2D eigenvalue weighted by atomic mass is 10.3. The minimum absolute atomic E-state index is 0.148. The van der Waals surface area contributed by atoms with Crippen LogP contribution in [-0.2, 0) is 0 Å². The Morgan fingerprint density at radius 2 is 2.26 bits per heavy atom. The lowest BCUT2D eigenvalue weighted by molar-refractivity contribution is 0.0696. The van der Waals surface area contributed by atoms with E-state index >= 15 is 0 Å². The van der Waals surface area contributed by atoms with E-state index in [2.05, 4.69) is 15.0 Å². The van der Waals surface area contributed by atoms with Gasteiger partial charge in [0, 0.05) is 6.20 Å². The van der Waals surface area contributed by atoms with Gasteiger partial charge in [0.15, 0.2) is 0 Å². The molecule has 0 saturated heterocycles. The number of hydrogen-bond donors (Lipinski definition) is 1. The lowest BCUT2D eigenvalue weighted by Gasteiger charge is -2.04. The van der Waals surface area contributed by atoms with Gasteiger partial charge < -0.3 is 9.84 Å². The monoisotopic (exact) mass is 297 g/mol. The summed E-state index contributed by atoms with van der Waals surface area (Å²) in [7, 11) is 1.45. The number of nitrogens with zero attached hydrogens (tertiary/aromatic N) is 3. The van der Waals surface area contributed by atoms with Crippen molar-refractivity contribution in [3.63, 3.8) is 0 Å². The molecule has 8 heteroatoms. The zero-order valence-corrected chi connectivity index (χ0v) is 11.3. The van der Waals surface area contributed by atoms with Crippen molar-refractivity contribution in [3.8, 4) is 6.01 Å². The summed E-state index contributed by atoms with van der Waals surface area (Å²) in [6.45, 7) is 0. The first-order valence-electron chi connectivity index (χ1n) is 5.04. The number of aromatic nitrogens is 3. The summed E-state index contributed by atoms with van der Waals surface area (Å²) in [5.74, 6) is -1.02. The van der Waals surface area contributed by atoms with Gasteiger partial charge in [-0.2, -0.15) is 4.98 Å². The molecule has 19 heavy (non-hydrogen) atoms. The van der Waals surface area contributed by atoms with Crippen LogP contribution in [0.5, 0.6) is 6.01 Å². The molecule has 2 aromatic rings.